The minimum absolute atomic E-state index is 0.112. The summed E-state index contributed by atoms with van der Waals surface area (Å²) in [6.45, 7) is 0.690. The summed E-state index contributed by atoms with van der Waals surface area (Å²) in [5.41, 5.74) is 4.57. The van der Waals surface area contributed by atoms with Gasteiger partial charge in [0.05, 0.1) is 20.3 Å². The molecule has 2 heterocycles. The summed E-state index contributed by atoms with van der Waals surface area (Å²) in [7, 11) is 3.24. The maximum atomic E-state index is 14.7. The summed E-state index contributed by atoms with van der Waals surface area (Å²) in [6.07, 6.45) is 0.283. The first kappa shape index (κ1) is 18.9. The van der Waals surface area contributed by atoms with Crippen molar-refractivity contribution < 1.29 is 18.3 Å². The molecule has 6 heteroatoms. The van der Waals surface area contributed by atoms with Crippen molar-refractivity contribution in [2.24, 2.45) is 0 Å². The van der Waals surface area contributed by atoms with Crippen LogP contribution in [0.4, 0.5) is 14.5 Å². The molecule has 0 bridgehead atoms. The molecule has 5 rings (SSSR count). The predicted octanol–water partition coefficient (Wildman–Crippen LogP) is 5.05. The monoisotopic (exact) mass is 408 g/mol. The second-order valence-electron chi connectivity index (χ2n) is 7.60. The van der Waals surface area contributed by atoms with E-state index >= 15 is 0 Å². The van der Waals surface area contributed by atoms with Crippen molar-refractivity contribution in [3.05, 3.63) is 88.5 Å². The van der Waals surface area contributed by atoms with Gasteiger partial charge in [0.25, 0.3) is 0 Å². The van der Waals surface area contributed by atoms with E-state index in [1.165, 1.54) is 17.7 Å². The van der Waals surface area contributed by atoms with E-state index < -0.39 is 17.8 Å². The van der Waals surface area contributed by atoms with Gasteiger partial charge in [-0.25, -0.2) is 8.78 Å². The second-order valence-corrected chi connectivity index (χ2v) is 7.60. The van der Waals surface area contributed by atoms with E-state index in [4.69, 9.17) is 9.47 Å². The Morgan fingerprint density at radius 1 is 0.900 bits per heavy atom. The maximum absolute atomic E-state index is 14.7. The van der Waals surface area contributed by atoms with Crippen molar-refractivity contribution >= 4 is 5.69 Å². The average molecular weight is 408 g/mol. The lowest BCUT2D eigenvalue weighted by atomic mass is 9.84. The Labute approximate surface area is 174 Å². The third-order valence-electron chi connectivity index (χ3n) is 6.04. The zero-order valence-corrected chi connectivity index (χ0v) is 16.8. The van der Waals surface area contributed by atoms with Crippen molar-refractivity contribution in [3.8, 4) is 11.5 Å². The molecule has 2 atom stereocenters. The van der Waals surface area contributed by atoms with Crippen molar-refractivity contribution in [1.82, 2.24) is 4.90 Å². The van der Waals surface area contributed by atoms with Gasteiger partial charge in [-0.15, -0.1) is 0 Å². The quantitative estimate of drug-likeness (QED) is 0.657. The fourth-order valence-corrected chi connectivity index (χ4v) is 4.67. The number of anilines is 1. The SMILES string of the molecule is COc1cc2c(cc1OC)[C@@H]1c3ccccc3N[C@H](c3cc(F)ccc3F)N1CC2. The lowest BCUT2D eigenvalue weighted by Gasteiger charge is -2.47. The number of para-hydroxylation sites is 1. The first-order valence-electron chi connectivity index (χ1n) is 9.91. The van der Waals surface area contributed by atoms with Crippen molar-refractivity contribution in [2.75, 3.05) is 26.1 Å². The number of methoxy groups -OCH3 is 2. The highest BCUT2D eigenvalue weighted by Crippen LogP contribution is 2.49. The molecule has 0 aliphatic carbocycles. The zero-order chi connectivity index (χ0) is 20.8. The van der Waals surface area contributed by atoms with E-state index in [-0.39, 0.29) is 6.04 Å². The minimum atomic E-state index is -0.484. The molecular formula is C24H22F2N2O2. The number of hydrogen-bond acceptors (Lipinski definition) is 4. The molecule has 0 amide bonds. The number of ether oxygens (including phenoxy) is 2. The number of nitrogens with zero attached hydrogens (tertiary/aromatic N) is 1. The molecule has 3 aromatic rings. The predicted molar refractivity (Wildman–Crippen MR) is 111 cm³/mol. The Bertz CT molecular complexity index is 1120. The molecule has 154 valence electrons. The molecule has 0 spiro atoms. The van der Waals surface area contributed by atoms with Gasteiger partial charge in [-0.05, 0) is 59.5 Å². The van der Waals surface area contributed by atoms with E-state index in [0.29, 0.717) is 23.6 Å². The van der Waals surface area contributed by atoms with Gasteiger partial charge in [0.2, 0.25) is 0 Å². The van der Waals surface area contributed by atoms with Gasteiger partial charge < -0.3 is 14.8 Å². The van der Waals surface area contributed by atoms with Gasteiger partial charge in [0.15, 0.2) is 11.5 Å². The average Bonchev–Trinajstić information content (AvgIpc) is 2.78. The Balaban J connectivity index is 1.70. The zero-order valence-electron chi connectivity index (χ0n) is 16.8. The van der Waals surface area contributed by atoms with Crippen LogP contribution in [0.2, 0.25) is 0 Å². The highest BCUT2D eigenvalue weighted by molar-refractivity contribution is 5.61. The van der Waals surface area contributed by atoms with E-state index in [0.717, 1.165) is 29.3 Å². The van der Waals surface area contributed by atoms with E-state index in [2.05, 4.69) is 16.3 Å². The van der Waals surface area contributed by atoms with Crippen LogP contribution in [0.25, 0.3) is 0 Å². The highest BCUT2D eigenvalue weighted by Gasteiger charge is 2.40. The molecule has 30 heavy (non-hydrogen) atoms. The van der Waals surface area contributed by atoms with E-state index in [9.17, 15) is 8.78 Å². The number of benzene rings is 3. The van der Waals surface area contributed by atoms with Gasteiger partial charge >= 0.3 is 0 Å². The Morgan fingerprint density at radius 3 is 2.47 bits per heavy atom. The van der Waals surface area contributed by atoms with Gasteiger partial charge in [-0.3, -0.25) is 4.90 Å². The van der Waals surface area contributed by atoms with Crippen LogP contribution in [0.15, 0.2) is 54.6 Å². The van der Waals surface area contributed by atoms with Crippen LogP contribution in [0.5, 0.6) is 11.5 Å². The van der Waals surface area contributed by atoms with Crippen LogP contribution in [0.3, 0.4) is 0 Å². The van der Waals surface area contributed by atoms with Crippen LogP contribution in [-0.4, -0.2) is 25.7 Å². The first-order chi connectivity index (χ1) is 14.6. The van der Waals surface area contributed by atoms with Crippen molar-refractivity contribution in [1.29, 1.82) is 0 Å². The molecule has 0 radical (unpaired) electrons. The van der Waals surface area contributed by atoms with Crippen LogP contribution < -0.4 is 14.8 Å². The fourth-order valence-electron chi connectivity index (χ4n) is 4.67. The number of halogens is 2. The molecule has 0 aromatic heterocycles. The standard InChI is InChI=1S/C24H22F2N2O2/c1-29-21-11-14-9-10-28-23(17(14)13-22(21)30-2)16-5-3-4-6-20(16)27-24(28)18-12-15(25)7-8-19(18)26/h3-8,11-13,23-24,27H,9-10H2,1-2H3/t23-,24-/m0/s1. The van der Waals surface area contributed by atoms with Gasteiger partial charge in [-0.1, -0.05) is 18.2 Å². The molecular weight excluding hydrogens is 386 g/mol. The smallest absolute Gasteiger partial charge is 0.161 e. The highest BCUT2D eigenvalue weighted by atomic mass is 19.1. The Morgan fingerprint density at radius 2 is 1.67 bits per heavy atom. The molecule has 0 saturated heterocycles. The third kappa shape index (κ3) is 2.91. The second kappa shape index (κ2) is 7.29. The van der Waals surface area contributed by atoms with E-state index in [1.54, 1.807) is 14.2 Å². The van der Waals surface area contributed by atoms with Gasteiger partial charge in [0.1, 0.15) is 17.8 Å². The Kier molecular flexibility index (Phi) is 4.59. The van der Waals surface area contributed by atoms with Gasteiger partial charge in [-0.2, -0.15) is 0 Å². The summed E-state index contributed by atoms with van der Waals surface area (Å²) >= 11 is 0. The fraction of sp³-hybridized carbons (Fsp3) is 0.250. The van der Waals surface area contributed by atoms with Crippen molar-refractivity contribution in [3.63, 3.8) is 0 Å². The van der Waals surface area contributed by atoms with E-state index in [1.807, 2.05) is 30.3 Å². The van der Waals surface area contributed by atoms with Crippen molar-refractivity contribution in [2.45, 2.75) is 18.6 Å². The number of fused-ring (bicyclic) bond motifs is 5. The number of rotatable bonds is 3. The molecule has 3 aromatic carbocycles. The van der Waals surface area contributed by atoms with Crippen LogP contribution in [0, 0.1) is 11.6 Å². The minimum Gasteiger partial charge on any atom is -0.493 e. The molecule has 1 N–H and O–H groups in total. The lowest BCUT2D eigenvalue weighted by Crippen LogP contribution is -2.45. The largest absolute Gasteiger partial charge is 0.493 e. The maximum Gasteiger partial charge on any atom is 0.161 e. The molecule has 2 aliphatic rings. The third-order valence-corrected chi connectivity index (χ3v) is 6.04. The molecule has 0 saturated carbocycles. The van der Waals surface area contributed by atoms with Crippen LogP contribution in [-0.2, 0) is 6.42 Å². The van der Waals surface area contributed by atoms with Crippen LogP contribution >= 0.6 is 0 Å². The van der Waals surface area contributed by atoms with Gasteiger partial charge in [0, 0.05) is 17.8 Å². The summed E-state index contributed by atoms with van der Waals surface area (Å²) in [5.74, 6) is 0.472. The Hall–Kier alpha value is -3.12. The number of hydrogen-bond donors (Lipinski definition) is 1. The summed E-state index contributed by atoms with van der Waals surface area (Å²) in [5, 5.41) is 3.43. The number of nitrogens with one attached hydrogen (secondary N) is 1. The molecule has 2 aliphatic heterocycles. The molecule has 4 nitrogen and oxygen atoms in total. The first-order valence-corrected chi connectivity index (χ1v) is 9.91. The molecule has 0 unspecified atom stereocenters. The normalized spacial score (nSPS) is 19.9. The summed E-state index contributed by atoms with van der Waals surface area (Å²) in [6, 6.07) is 15.5. The molecule has 0 fully saturated rings. The summed E-state index contributed by atoms with van der Waals surface area (Å²) in [4.78, 5) is 2.19. The topological polar surface area (TPSA) is 33.7 Å². The van der Waals surface area contributed by atoms with Crippen LogP contribution in [0.1, 0.15) is 34.5 Å². The lowest BCUT2D eigenvalue weighted by molar-refractivity contribution is 0.150. The summed E-state index contributed by atoms with van der Waals surface area (Å²) < 4.78 is 39.8.